The molecule has 0 fully saturated rings. The van der Waals surface area contributed by atoms with E-state index < -0.39 is 0 Å². The fraction of sp³-hybridized carbons (Fsp3) is 0.333. The van der Waals surface area contributed by atoms with Crippen LogP contribution in [0.15, 0.2) is 54.6 Å². The number of hydrogen-bond acceptors (Lipinski definition) is 2. The van der Waals surface area contributed by atoms with Gasteiger partial charge < -0.3 is 10.1 Å². The maximum absolute atomic E-state index is 6.15. The van der Waals surface area contributed by atoms with E-state index in [2.05, 4.69) is 30.4 Å². The molecule has 0 saturated heterocycles. The van der Waals surface area contributed by atoms with Crippen molar-refractivity contribution >= 4 is 11.6 Å². The summed E-state index contributed by atoms with van der Waals surface area (Å²) in [6.45, 7) is 5.66. The second-order valence-electron chi connectivity index (χ2n) is 4.88. The third-order valence-corrected chi connectivity index (χ3v) is 3.64. The summed E-state index contributed by atoms with van der Waals surface area (Å²) in [5, 5.41) is 4.27. The van der Waals surface area contributed by atoms with E-state index in [-0.39, 0.29) is 12.1 Å². The first kappa shape index (κ1) is 16.0. The molecule has 21 heavy (non-hydrogen) atoms. The summed E-state index contributed by atoms with van der Waals surface area (Å²) < 4.78 is 6.03. The largest absolute Gasteiger partial charge is 0.372 e. The van der Waals surface area contributed by atoms with Gasteiger partial charge in [-0.3, -0.25) is 0 Å². The Balaban J connectivity index is 2.37. The van der Waals surface area contributed by atoms with Crippen molar-refractivity contribution in [3.63, 3.8) is 0 Å². The van der Waals surface area contributed by atoms with Crippen LogP contribution in [0.3, 0.4) is 0 Å². The van der Waals surface area contributed by atoms with E-state index in [1.54, 1.807) is 0 Å². The first-order valence-electron chi connectivity index (χ1n) is 7.41. The first-order valence-corrected chi connectivity index (χ1v) is 7.79. The molecule has 0 saturated carbocycles. The van der Waals surface area contributed by atoms with Crippen molar-refractivity contribution in [1.82, 2.24) is 5.32 Å². The number of ether oxygens (including phenoxy) is 1. The molecule has 0 aliphatic carbocycles. The van der Waals surface area contributed by atoms with Gasteiger partial charge in [-0.15, -0.1) is 0 Å². The molecule has 0 amide bonds. The van der Waals surface area contributed by atoms with Gasteiger partial charge in [0, 0.05) is 11.6 Å². The topological polar surface area (TPSA) is 21.3 Å². The molecular weight excluding hydrogens is 282 g/mol. The lowest BCUT2D eigenvalue weighted by molar-refractivity contribution is 0.0331. The van der Waals surface area contributed by atoms with Crippen LogP contribution in [0.1, 0.15) is 37.1 Å². The van der Waals surface area contributed by atoms with Crippen LogP contribution in [0.4, 0.5) is 0 Å². The van der Waals surface area contributed by atoms with E-state index in [9.17, 15) is 0 Å². The van der Waals surface area contributed by atoms with Crippen molar-refractivity contribution in [2.45, 2.75) is 26.0 Å². The van der Waals surface area contributed by atoms with Gasteiger partial charge in [0.1, 0.15) is 6.10 Å². The Bertz CT molecular complexity index is 544. The van der Waals surface area contributed by atoms with E-state index in [4.69, 9.17) is 16.3 Å². The van der Waals surface area contributed by atoms with Crippen LogP contribution in [0.25, 0.3) is 0 Å². The first-order chi connectivity index (χ1) is 10.3. The number of rotatable bonds is 7. The molecule has 2 nitrogen and oxygen atoms in total. The summed E-state index contributed by atoms with van der Waals surface area (Å²) in [7, 11) is 0. The lowest BCUT2D eigenvalue weighted by atomic mass is 9.95. The normalized spacial score (nSPS) is 13.9. The highest BCUT2D eigenvalue weighted by Crippen LogP contribution is 2.33. The van der Waals surface area contributed by atoms with Crippen LogP contribution in [0, 0.1) is 0 Å². The van der Waals surface area contributed by atoms with E-state index in [1.165, 1.54) is 5.56 Å². The van der Waals surface area contributed by atoms with E-state index in [0.29, 0.717) is 6.61 Å². The van der Waals surface area contributed by atoms with Crippen molar-refractivity contribution in [3.05, 3.63) is 70.7 Å². The Morgan fingerprint density at radius 1 is 1.00 bits per heavy atom. The van der Waals surface area contributed by atoms with E-state index in [0.717, 1.165) is 17.1 Å². The standard InChI is InChI=1S/C18H22ClNO/c1-3-20-17(15-11-8-12-16(19)13-15)18(21-4-2)14-9-6-5-7-10-14/h5-13,17-18,20H,3-4H2,1-2H3. The molecule has 0 aliphatic heterocycles. The monoisotopic (exact) mass is 303 g/mol. The summed E-state index contributed by atoms with van der Waals surface area (Å²) in [5.74, 6) is 0. The van der Waals surface area contributed by atoms with Crippen LogP contribution in [0.5, 0.6) is 0 Å². The number of hydrogen-bond donors (Lipinski definition) is 1. The Kier molecular flexibility index (Phi) is 6.24. The molecule has 2 rings (SSSR count). The molecule has 2 aromatic carbocycles. The average molecular weight is 304 g/mol. The molecular formula is C18H22ClNO. The molecule has 2 aromatic rings. The Labute approximate surface area is 132 Å². The van der Waals surface area contributed by atoms with Gasteiger partial charge in [-0.05, 0) is 36.7 Å². The Hall–Kier alpha value is -1.35. The van der Waals surface area contributed by atoms with Crippen molar-refractivity contribution < 1.29 is 4.74 Å². The summed E-state index contributed by atoms with van der Waals surface area (Å²) >= 11 is 6.15. The van der Waals surface area contributed by atoms with Gasteiger partial charge in [0.25, 0.3) is 0 Å². The second kappa shape index (κ2) is 8.18. The maximum Gasteiger partial charge on any atom is 0.102 e. The number of benzene rings is 2. The van der Waals surface area contributed by atoms with E-state index >= 15 is 0 Å². The van der Waals surface area contributed by atoms with Crippen LogP contribution in [0.2, 0.25) is 5.02 Å². The molecule has 0 aromatic heterocycles. The fourth-order valence-corrected chi connectivity index (χ4v) is 2.73. The predicted octanol–water partition coefficient (Wildman–Crippen LogP) is 4.77. The molecule has 2 atom stereocenters. The maximum atomic E-state index is 6.15. The number of nitrogens with one attached hydrogen (secondary N) is 1. The van der Waals surface area contributed by atoms with Crippen molar-refractivity contribution in [3.8, 4) is 0 Å². The zero-order valence-corrected chi connectivity index (χ0v) is 13.3. The minimum Gasteiger partial charge on any atom is -0.372 e. The smallest absolute Gasteiger partial charge is 0.102 e. The SMILES string of the molecule is CCNC(c1cccc(Cl)c1)C(OCC)c1ccccc1. The van der Waals surface area contributed by atoms with Gasteiger partial charge in [-0.2, -0.15) is 0 Å². The zero-order valence-electron chi connectivity index (χ0n) is 12.6. The molecule has 0 bridgehead atoms. The van der Waals surface area contributed by atoms with Gasteiger partial charge in [-0.1, -0.05) is 61.0 Å². The van der Waals surface area contributed by atoms with Crippen LogP contribution in [-0.2, 0) is 4.74 Å². The number of halogens is 1. The lowest BCUT2D eigenvalue weighted by Gasteiger charge is -2.28. The summed E-state index contributed by atoms with van der Waals surface area (Å²) in [5.41, 5.74) is 2.32. The Morgan fingerprint density at radius 3 is 2.33 bits per heavy atom. The summed E-state index contributed by atoms with van der Waals surface area (Å²) in [6.07, 6.45) is -0.0328. The van der Waals surface area contributed by atoms with Crippen molar-refractivity contribution in [1.29, 1.82) is 0 Å². The quantitative estimate of drug-likeness (QED) is 0.795. The van der Waals surface area contributed by atoms with Crippen molar-refractivity contribution in [2.75, 3.05) is 13.2 Å². The summed E-state index contributed by atoms with van der Waals surface area (Å²) in [6, 6.07) is 18.4. The van der Waals surface area contributed by atoms with Crippen LogP contribution < -0.4 is 5.32 Å². The van der Waals surface area contributed by atoms with Gasteiger partial charge >= 0.3 is 0 Å². The zero-order chi connectivity index (χ0) is 15.1. The molecule has 3 heteroatoms. The Morgan fingerprint density at radius 2 is 1.71 bits per heavy atom. The molecule has 0 spiro atoms. The minimum absolute atomic E-state index is 0.0328. The molecule has 2 unspecified atom stereocenters. The van der Waals surface area contributed by atoms with Crippen LogP contribution >= 0.6 is 11.6 Å². The molecule has 0 heterocycles. The van der Waals surface area contributed by atoms with Crippen molar-refractivity contribution in [2.24, 2.45) is 0 Å². The number of likely N-dealkylation sites (N-methyl/N-ethyl adjacent to an activating group) is 1. The lowest BCUT2D eigenvalue weighted by Crippen LogP contribution is -2.28. The third-order valence-electron chi connectivity index (χ3n) is 3.41. The van der Waals surface area contributed by atoms with Gasteiger partial charge in [0.15, 0.2) is 0 Å². The predicted molar refractivity (Wildman–Crippen MR) is 88.7 cm³/mol. The highest BCUT2D eigenvalue weighted by atomic mass is 35.5. The fourth-order valence-electron chi connectivity index (χ4n) is 2.53. The average Bonchev–Trinajstić information content (AvgIpc) is 2.51. The van der Waals surface area contributed by atoms with Gasteiger partial charge in [-0.25, -0.2) is 0 Å². The summed E-state index contributed by atoms with van der Waals surface area (Å²) in [4.78, 5) is 0. The second-order valence-corrected chi connectivity index (χ2v) is 5.31. The minimum atomic E-state index is -0.0328. The molecule has 112 valence electrons. The third kappa shape index (κ3) is 4.31. The molecule has 0 aliphatic rings. The van der Waals surface area contributed by atoms with Gasteiger partial charge in [0.2, 0.25) is 0 Å². The molecule has 0 radical (unpaired) electrons. The molecule has 1 N–H and O–H groups in total. The van der Waals surface area contributed by atoms with E-state index in [1.807, 2.05) is 43.3 Å². The van der Waals surface area contributed by atoms with Gasteiger partial charge in [0.05, 0.1) is 6.04 Å². The highest BCUT2D eigenvalue weighted by molar-refractivity contribution is 6.30. The van der Waals surface area contributed by atoms with Crippen LogP contribution in [-0.4, -0.2) is 13.2 Å². The highest BCUT2D eigenvalue weighted by Gasteiger charge is 2.24.